The zero-order chi connectivity index (χ0) is 9.68. The predicted octanol–water partition coefficient (Wildman–Crippen LogP) is 3.57. The van der Waals surface area contributed by atoms with Crippen molar-refractivity contribution in [3.05, 3.63) is 0 Å². The standard InChI is InChI=1S/C12H22O/c1-10(2)8-9-12(13)11-6-4-3-5-7-11/h10-11H,3-9H2,1-2H3. The fraction of sp³-hybridized carbons (Fsp3) is 0.917. The highest BCUT2D eigenvalue weighted by Crippen LogP contribution is 2.26. The van der Waals surface area contributed by atoms with E-state index in [1.807, 2.05) is 0 Å². The summed E-state index contributed by atoms with van der Waals surface area (Å²) in [6, 6.07) is 0. The molecule has 76 valence electrons. The summed E-state index contributed by atoms with van der Waals surface area (Å²) in [4.78, 5) is 11.7. The van der Waals surface area contributed by atoms with Crippen LogP contribution < -0.4 is 0 Å². The van der Waals surface area contributed by atoms with Crippen molar-refractivity contribution in [2.45, 2.75) is 58.8 Å². The molecule has 1 aliphatic rings. The summed E-state index contributed by atoms with van der Waals surface area (Å²) in [6.07, 6.45) is 8.12. The van der Waals surface area contributed by atoms with Gasteiger partial charge in [-0.2, -0.15) is 0 Å². The summed E-state index contributed by atoms with van der Waals surface area (Å²) in [5.74, 6) is 1.63. The Morgan fingerprint density at radius 2 is 1.85 bits per heavy atom. The Kier molecular flexibility index (Phi) is 4.47. The van der Waals surface area contributed by atoms with E-state index in [2.05, 4.69) is 13.8 Å². The number of carbonyl (C=O) groups excluding carboxylic acids is 1. The normalized spacial score (nSPS) is 19.3. The molecule has 1 saturated carbocycles. The SMILES string of the molecule is CC(C)CCC(=O)C1CCCCC1. The Bertz CT molecular complexity index is 155. The highest BCUT2D eigenvalue weighted by atomic mass is 16.1. The average Bonchev–Trinajstić information content (AvgIpc) is 2.15. The third-order valence-electron chi connectivity index (χ3n) is 3.03. The van der Waals surface area contributed by atoms with Crippen LogP contribution in [0.2, 0.25) is 0 Å². The summed E-state index contributed by atoms with van der Waals surface area (Å²) in [7, 11) is 0. The molecule has 1 rings (SSSR count). The monoisotopic (exact) mass is 182 g/mol. The van der Waals surface area contributed by atoms with E-state index in [0.29, 0.717) is 17.6 Å². The summed E-state index contributed by atoms with van der Waals surface area (Å²) in [5, 5.41) is 0. The smallest absolute Gasteiger partial charge is 0.135 e. The molecule has 1 nitrogen and oxygen atoms in total. The number of rotatable bonds is 4. The van der Waals surface area contributed by atoms with Gasteiger partial charge in [0.2, 0.25) is 0 Å². The maximum absolute atomic E-state index is 11.7. The van der Waals surface area contributed by atoms with E-state index >= 15 is 0 Å². The molecule has 0 bridgehead atoms. The van der Waals surface area contributed by atoms with Crippen LogP contribution in [0.25, 0.3) is 0 Å². The van der Waals surface area contributed by atoms with Crippen molar-refractivity contribution in [3.8, 4) is 0 Å². The molecule has 1 heteroatoms. The van der Waals surface area contributed by atoms with E-state index in [0.717, 1.165) is 25.7 Å². The van der Waals surface area contributed by atoms with Crippen molar-refractivity contribution in [2.24, 2.45) is 11.8 Å². The second-order valence-corrected chi connectivity index (χ2v) is 4.73. The third-order valence-corrected chi connectivity index (χ3v) is 3.03. The second kappa shape index (κ2) is 5.41. The van der Waals surface area contributed by atoms with E-state index in [4.69, 9.17) is 0 Å². The first-order chi connectivity index (χ1) is 6.20. The molecular formula is C12H22O. The van der Waals surface area contributed by atoms with Crippen LogP contribution in [0.3, 0.4) is 0 Å². The van der Waals surface area contributed by atoms with Gasteiger partial charge < -0.3 is 0 Å². The molecule has 0 aromatic heterocycles. The van der Waals surface area contributed by atoms with Gasteiger partial charge in [-0.15, -0.1) is 0 Å². The molecule has 1 fully saturated rings. The van der Waals surface area contributed by atoms with Gasteiger partial charge in [-0.25, -0.2) is 0 Å². The summed E-state index contributed by atoms with van der Waals surface area (Å²) in [6.45, 7) is 4.38. The zero-order valence-corrected chi connectivity index (χ0v) is 9.01. The van der Waals surface area contributed by atoms with Crippen LogP contribution in [0.4, 0.5) is 0 Å². The topological polar surface area (TPSA) is 17.1 Å². The van der Waals surface area contributed by atoms with Gasteiger partial charge in [0.05, 0.1) is 0 Å². The first-order valence-corrected chi connectivity index (χ1v) is 5.73. The van der Waals surface area contributed by atoms with Crippen LogP contribution >= 0.6 is 0 Å². The first-order valence-electron chi connectivity index (χ1n) is 5.73. The van der Waals surface area contributed by atoms with Gasteiger partial charge >= 0.3 is 0 Å². The molecule has 0 atom stereocenters. The van der Waals surface area contributed by atoms with Crippen molar-refractivity contribution in [2.75, 3.05) is 0 Å². The van der Waals surface area contributed by atoms with Crippen LogP contribution in [-0.4, -0.2) is 5.78 Å². The van der Waals surface area contributed by atoms with Gasteiger partial charge in [0.25, 0.3) is 0 Å². The first kappa shape index (κ1) is 10.7. The Morgan fingerprint density at radius 3 is 2.38 bits per heavy atom. The molecule has 0 unspecified atom stereocenters. The minimum absolute atomic E-state index is 0.424. The quantitative estimate of drug-likeness (QED) is 0.649. The average molecular weight is 182 g/mol. The molecule has 0 N–H and O–H groups in total. The van der Waals surface area contributed by atoms with Crippen molar-refractivity contribution in [3.63, 3.8) is 0 Å². The van der Waals surface area contributed by atoms with Crippen LogP contribution in [-0.2, 0) is 4.79 Å². The summed E-state index contributed by atoms with van der Waals surface area (Å²) >= 11 is 0. The molecule has 1 aliphatic carbocycles. The Morgan fingerprint density at radius 1 is 1.23 bits per heavy atom. The van der Waals surface area contributed by atoms with Crippen LogP contribution in [0.15, 0.2) is 0 Å². The maximum Gasteiger partial charge on any atom is 0.135 e. The summed E-state index contributed by atoms with van der Waals surface area (Å²) in [5.41, 5.74) is 0. The highest BCUT2D eigenvalue weighted by molar-refractivity contribution is 5.80. The van der Waals surface area contributed by atoms with E-state index in [9.17, 15) is 4.79 Å². The lowest BCUT2D eigenvalue weighted by Crippen LogP contribution is -2.17. The zero-order valence-electron chi connectivity index (χ0n) is 9.01. The third kappa shape index (κ3) is 3.93. The number of Topliss-reactive ketones (excluding diaryl/α,β-unsaturated/α-hetero) is 1. The van der Waals surface area contributed by atoms with E-state index < -0.39 is 0 Å². The van der Waals surface area contributed by atoms with Gasteiger partial charge in [0, 0.05) is 12.3 Å². The Hall–Kier alpha value is -0.330. The molecule has 0 aromatic carbocycles. The summed E-state index contributed by atoms with van der Waals surface area (Å²) < 4.78 is 0. The number of ketones is 1. The second-order valence-electron chi connectivity index (χ2n) is 4.73. The molecule has 0 saturated heterocycles. The maximum atomic E-state index is 11.7. The van der Waals surface area contributed by atoms with E-state index in [-0.39, 0.29) is 0 Å². The fourth-order valence-corrected chi connectivity index (χ4v) is 2.06. The molecule has 13 heavy (non-hydrogen) atoms. The van der Waals surface area contributed by atoms with Crippen LogP contribution in [0.5, 0.6) is 0 Å². The fourth-order valence-electron chi connectivity index (χ4n) is 2.06. The van der Waals surface area contributed by atoms with Gasteiger partial charge in [0.1, 0.15) is 5.78 Å². The number of carbonyl (C=O) groups is 1. The minimum Gasteiger partial charge on any atom is -0.299 e. The van der Waals surface area contributed by atoms with Crippen LogP contribution in [0.1, 0.15) is 58.8 Å². The Labute approximate surface area is 81.9 Å². The largest absolute Gasteiger partial charge is 0.299 e. The van der Waals surface area contributed by atoms with Crippen LogP contribution in [0, 0.1) is 11.8 Å². The molecule has 0 aromatic rings. The van der Waals surface area contributed by atoms with E-state index in [1.165, 1.54) is 19.3 Å². The van der Waals surface area contributed by atoms with E-state index in [1.54, 1.807) is 0 Å². The Balaban J connectivity index is 2.21. The minimum atomic E-state index is 0.424. The highest BCUT2D eigenvalue weighted by Gasteiger charge is 2.20. The molecule has 0 amide bonds. The van der Waals surface area contributed by atoms with Crippen molar-refractivity contribution in [1.29, 1.82) is 0 Å². The van der Waals surface area contributed by atoms with Gasteiger partial charge in [-0.3, -0.25) is 4.79 Å². The lowest BCUT2D eigenvalue weighted by Gasteiger charge is -2.20. The lowest BCUT2D eigenvalue weighted by molar-refractivity contribution is -0.124. The van der Waals surface area contributed by atoms with Gasteiger partial charge in [-0.05, 0) is 25.2 Å². The molecule has 0 heterocycles. The van der Waals surface area contributed by atoms with Gasteiger partial charge in [0.15, 0.2) is 0 Å². The molecular weight excluding hydrogens is 160 g/mol. The molecule has 0 spiro atoms. The van der Waals surface area contributed by atoms with Gasteiger partial charge in [-0.1, -0.05) is 33.1 Å². The molecule has 0 aliphatic heterocycles. The number of hydrogen-bond acceptors (Lipinski definition) is 1. The van der Waals surface area contributed by atoms with Crippen molar-refractivity contribution < 1.29 is 4.79 Å². The number of hydrogen-bond donors (Lipinski definition) is 0. The predicted molar refractivity (Wildman–Crippen MR) is 55.7 cm³/mol. The molecule has 0 radical (unpaired) electrons. The van der Waals surface area contributed by atoms with Crippen molar-refractivity contribution >= 4 is 5.78 Å². The van der Waals surface area contributed by atoms with Crippen molar-refractivity contribution in [1.82, 2.24) is 0 Å². The lowest BCUT2D eigenvalue weighted by atomic mass is 9.84.